The summed E-state index contributed by atoms with van der Waals surface area (Å²) in [7, 11) is 0. The maximum atomic E-state index is 12.3. The van der Waals surface area contributed by atoms with E-state index >= 15 is 0 Å². The van der Waals surface area contributed by atoms with Gasteiger partial charge in [0.05, 0.1) is 11.3 Å². The SMILES string of the molecule is Cc1cc(Cl)ccc1Nc1ccc(N)cc1C(=O)NC(C)C. The largest absolute Gasteiger partial charge is 0.399 e. The van der Waals surface area contributed by atoms with Crippen LogP contribution < -0.4 is 16.4 Å². The highest BCUT2D eigenvalue weighted by Crippen LogP contribution is 2.27. The van der Waals surface area contributed by atoms with E-state index in [1.807, 2.05) is 39.0 Å². The third-order valence-corrected chi connectivity index (χ3v) is 3.40. The van der Waals surface area contributed by atoms with Gasteiger partial charge in [-0.25, -0.2) is 0 Å². The van der Waals surface area contributed by atoms with E-state index in [9.17, 15) is 4.79 Å². The summed E-state index contributed by atoms with van der Waals surface area (Å²) in [6.45, 7) is 5.79. The Morgan fingerprint density at radius 1 is 1.14 bits per heavy atom. The Balaban J connectivity index is 2.36. The Labute approximate surface area is 135 Å². The number of nitrogens with one attached hydrogen (secondary N) is 2. The van der Waals surface area contributed by atoms with E-state index in [1.54, 1.807) is 18.2 Å². The van der Waals surface area contributed by atoms with Crippen LogP contribution in [0.3, 0.4) is 0 Å². The molecule has 0 radical (unpaired) electrons. The first-order chi connectivity index (χ1) is 10.4. The minimum absolute atomic E-state index is 0.0547. The smallest absolute Gasteiger partial charge is 0.253 e. The number of nitrogens with two attached hydrogens (primary N) is 1. The molecule has 0 atom stereocenters. The number of anilines is 3. The molecule has 22 heavy (non-hydrogen) atoms. The second kappa shape index (κ2) is 6.71. The Kier molecular flexibility index (Phi) is 4.93. The average Bonchev–Trinajstić information content (AvgIpc) is 2.42. The number of hydrogen-bond donors (Lipinski definition) is 3. The van der Waals surface area contributed by atoms with Gasteiger partial charge in [-0.3, -0.25) is 4.79 Å². The van der Waals surface area contributed by atoms with E-state index in [1.165, 1.54) is 0 Å². The van der Waals surface area contributed by atoms with Gasteiger partial charge in [-0.15, -0.1) is 0 Å². The molecule has 116 valence electrons. The van der Waals surface area contributed by atoms with Gasteiger partial charge in [0, 0.05) is 22.4 Å². The summed E-state index contributed by atoms with van der Waals surface area (Å²) < 4.78 is 0. The van der Waals surface area contributed by atoms with E-state index in [2.05, 4.69) is 10.6 Å². The molecule has 2 aromatic rings. The molecule has 0 bridgehead atoms. The average molecular weight is 318 g/mol. The van der Waals surface area contributed by atoms with Crippen LogP contribution >= 0.6 is 11.6 Å². The zero-order valence-electron chi connectivity index (χ0n) is 12.9. The van der Waals surface area contributed by atoms with Gasteiger partial charge in [-0.1, -0.05) is 11.6 Å². The lowest BCUT2D eigenvalue weighted by Gasteiger charge is -2.16. The topological polar surface area (TPSA) is 67.1 Å². The molecule has 0 aromatic heterocycles. The van der Waals surface area contributed by atoms with Crippen LogP contribution in [0.4, 0.5) is 17.1 Å². The van der Waals surface area contributed by atoms with Crippen molar-refractivity contribution in [2.24, 2.45) is 0 Å². The maximum absolute atomic E-state index is 12.3. The van der Waals surface area contributed by atoms with Crippen molar-refractivity contribution in [1.29, 1.82) is 0 Å². The molecule has 0 aliphatic heterocycles. The first kappa shape index (κ1) is 16.2. The summed E-state index contributed by atoms with van der Waals surface area (Å²) in [4.78, 5) is 12.3. The molecule has 2 rings (SSSR count). The molecule has 5 heteroatoms. The Morgan fingerprint density at radius 3 is 2.45 bits per heavy atom. The van der Waals surface area contributed by atoms with Crippen molar-refractivity contribution in [3.8, 4) is 0 Å². The fourth-order valence-corrected chi connectivity index (χ4v) is 2.34. The number of carbonyl (C=O) groups is 1. The summed E-state index contributed by atoms with van der Waals surface area (Å²) in [5.74, 6) is -0.156. The Morgan fingerprint density at radius 2 is 1.82 bits per heavy atom. The van der Waals surface area contributed by atoms with E-state index in [0.717, 1.165) is 11.3 Å². The second-order valence-corrected chi connectivity index (χ2v) is 5.95. The molecule has 0 fully saturated rings. The number of hydrogen-bond acceptors (Lipinski definition) is 3. The number of amides is 1. The van der Waals surface area contributed by atoms with Gasteiger partial charge in [0.25, 0.3) is 5.91 Å². The van der Waals surface area contributed by atoms with Gasteiger partial charge in [0.2, 0.25) is 0 Å². The zero-order valence-corrected chi connectivity index (χ0v) is 13.7. The van der Waals surface area contributed by atoms with Crippen LogP contribution in [-0.2, 0) is 0 Å². The summed E-state index contributed by atoms with van der Waals surface area (Å²) in [6.07, 6.45) is 0. The predicted octanol–water partition coefficient (Wildman–Crippen LogP) is 4.11. The molecule has 0 saturated carbocycles. The molecule has 0 saturated heterocycles. The van der Waals surface area contributed by atoms with E-state index < -0.39 is 0 Å². The van der Waals surface area contributed by atoms with Crippen LogP contribution in [0, 0.1) is 6.92 Å². The minimum atomic E-state index is -0.156. The minimum Gasteiger partial charge on any atom is -0.399 e. The van der Waals surface area contributed by atoms with Crippen molar-refractivity contribution in [1.82, 2.24) is 5.32 Å². The lowest BCUT2D eigenvalue weighted by atomic mass is 10.1. The van der Waals surface area contributed by atoms with Gasteiger partial charge in [0.15, 0.2) is 0 Å². The molecule has 0 aliphatic carbocycles. The molecule has 0 spiro atoms. The van der Waals surface area contributed by atoms with Crippen LogP contribution in [0.5, 0.6) is 0 Å². The van der Waals surface area contributed by atoms with Crippen LogP contribution in [0.25, 0.3) is 0 Å². The van der Waals surface area contributed by atoms with Crippen LogP contribution in [-0.4, -0.2) is 11.9 Å². The lowest BCUT2D eigenvalue weighted by molar-refractivity contribution is 0.0944. The third kappa shape index (κ3) is 3.92. The summed E-state index contributed by atoms with van der Waals surface area (Å²) >= 11 is 5.97. The van der Waals surface area contributed by atoms with E-state index in [0.29, 0.717) is 22.0 Å². The number of rotatable bonds is 4. The summed E-state index contributed by atoms with van der Waals surface area (Å²) in [5, 5.41) is 6.83. The first-order valence-electron chi connectivity index (χ1n) is 7.10. The van der Waals surface area contributed by atoms with Crippen molar-refractivity contribution >= 4 is 34.6 Å². The number of nitrogen functional groups attached to an aromatic ring is 1. The molecule has 2 aromatic carbocycles. The van der Waals surface area contributed by atoms with Crippen molar-refractivity contribution in [2.45, 2.75) is 26.8 Å². The lowest BCUT2D eigenvalue weighted by Crippen LogP contribution is -2.30. The van der Waals surface area contributed by atoms with Gasteiger partial charge >= 0.3 is 0 Å². The number of halogens is 1. The standard InChI is InChI=1S/C17H20ClN3O/c1-10(2)20-17(22)14-9-13(19)5-7-16(14)21-15-6-4-12(18)8-11(15)3/h4-10,21H,19H2,1-3H3,(H,20,22). The number of aryl methyl sites for hydroxylation is 1. The molecule has 0 heterocycles. The van der Waals surface area contributed by atoms with E-state index in [-0.39, 0.29) is 11.9 Å². The molecule has 0 unspecified atom stereocenters. The highest BCUT2D eigenvalue weighted by molar-refractivity contribution is 6.30. The third-order valence-electron chi connectivity index (χ3n) is 3.17. The van der Waals surface area contributed by atoms with Gasteiger partial charge in [0.1, 0.15) is 0 Å². The first-order valence-corrected chi connectivity index (χ1v) is 7.48. The molecule has 0 aliphatic rings. The quantitative estimate of drug-likeness (QED) is 0.743. The van der Waals surface area contributed by atoms with Gasteiger partial charge < -0.3 is 16.4 Å². The highest BCUT2D eigenvalue weighted by atomic mass is 35.5. The molecule has 4 nitrogen and oxygen atoms in total. The normalized spacial score (nSPS) is 10.6. The predicted molar refractivity (Wildman–Crippen MR) is 92.9 cm³/mol. The van der Waals surface area contributed by atoms with Crippen molar-refractivity contribution < 1.29 is 4.79 Å². The molecule has 4 N–H and O–H groups in total. The van der Waals surface area contributed by atoms with Crippen molar-refractivity contribution in [3.05, 3.63) is 52.5 Å². The van der Waals surface area contributed by atoms with E-state index in [4.69, 9.17) is 17.3 Å². The fourth-order valence-electron chi connectivity index (χ4n) is 2.11. The second-order valence-electron chi connectivity index (χ2n) is 5.52. The Bertz CT molecular complexity index is 698. The van der Waals surface area contributed by atoms with Gasteiger partial charge in [-0.05, 0) is 62.7 Å². The Hall–Kier alpha value is -2.20. The maximum Gasteiger partial charge on any atom is 0.253 e. The van der Waals surface area contributed by atoms with Gasteiger partial charge in [-0.2, -0.15) is 0 Å². The van der Waals surface area contributed by atoms with Crippen molar-refractivity contribution in [3.63, 3.8) is 0 Å². The highest BCUT2D eigenvalue weighted by Gasteiger charge is 2.13. The van der Waals surface area contributed by atoms with Crippen LogP contribution in [0.15, 0.2) is 36.4 Å². The molecular weight excluding hydrogens is 298 g/mol. The number of carbonyl (C=O) groups excluding carboxylic acids is 1. The molecular formula is C17H20ClN3O. The van der Waals surface area contributed by atoms with Crippen molar-refractivity contribution in [2.75, 3.05) is 11.1 Å². The number of benzene rings is 2. The summed E-state index contributed by atoms with van der Waals surface area (Å²) in [5.41, 5.74) is 9.48. The summed E-state index contributed by atoms with van der Waals surface area (Å²) in [6, 6.07) is 10.9. The zero-order chi connectivity index (χ0) is 16.3. The molecule has 1 amide bonds. The van der Waals surface area contributed by atoms with Crippen LogP contribution in [0.2, 0.25) is 5.02 Å². The monoisotopic (exact) mass is 317 g/mol. The van der Waals surface area contributed by atoms with Crippen LogP contribution in [0.1, 0.15) is 29.8 Å². The fraction of sp³-hybridized carbons (Fsp3) is 0.235.